The Labute approximate surface area is 193 Å². The van der Waals surface area contributed by atoms with Crippen molar-refractivity contribution < 1.29 is 28.8 Å². The average molecular weight is 458 g/mol. The molecule has 2 aliphatic rings. The van der Waals surface area contributed by atoms with Crippen LogP contribution in [0.2, 0.25) is 0 Å². The number of pyridine rings is 1. The van der Waals surface area contributed by atoms with Crippen LogP contribution < -0.4 is 19.8 Å². The molecular formula is C25H31NO7. The lowest BCUT2D eigenvalue weighted by Crippen LogP contribution is -2.31. The summed E-state index contributed by atoms with van der Waals surface area (Å²) in [5.74, 6) is 0.495. The molecule has 1 N–H and O–H groups in total. The summed E-state index contributed by atoms with van der Waals surface area (Å²) in [7, 11) is 3.22. The van der Waals surface area contributed by atoms with Crippen LogP contribution in [-0.4, -0.2) is 43.1 Å². The summed E-state index contributed by atoms with van der Waals surface area (Å²) in [5.41, 5.74) is 1.53. The zero-order valence-electron chi connectivity index (χ0n) is 19.4. The predicted molar refractivity (Wildman–Crippen MR) is 123 cm³/mol. The molecule has 1 saturated carbocycles. The van der Waals surface area contributed by atoms with Crippen LogP contribution in [0.25, 0.3) is 11.3 Å². The molecule has 1 aromatic heterocycles. The molecule has 0 spiro atoms. The molecule has 33 heavy (non-hydrogen) atoms. The van der Waals surface area contributed by atoms with Crippen molar-refractivity contribution in [2.45, 2.75) is 57.6 Å². The van der Waals surface area contributed by atoms with Crippen molar-refractivity contribution >= 4 is 5.97 Å². The van der Waals surface area contributed by atoms with Crippen molar-refractivity contribution in [3.63, 3.8) is 0 Å². The van der Waals surface area contributed by atoms with Crippen LogP contribution in [0.4, 0.5) is 0 Å². The quantitative estimate of drug-likeness (QED) is 0.493. The summed E-state index contributed by atoms with van der Waals surface area (Å²) < 4.78 is 24.7. The number of carboxylic acids is 1. The van der Waals surface area contributed by atoms with E-state index in [2.05, 4.69) is 6.92 Å². The maximum Gasteiger partial charge on any atom is 0.341 e. The number of hydrogen-bond acceptors (Lipinski definition) is 6. The number of ether oxygens (including phenoxy) is 4. The van der Waals surface area contributed by atoms with Crippen LogP contribution in [0.3, 0.4) is 0 Å². The smallest absolute Gasteiger partial charge is 0.341 e. The average Bonchev–Trinajstić information content (AvgIpc) is 3.64. The van der Waals surface area contributed by atoms with E-state index in [1.165, 1.54) is 6.07 Å². The lowest BCUT2D eigenvalue weighted by molar-refractivity contribution is 0.0693. The molecule has 0 saturated heterocycles. The fraction of sp³-hybridized carbons (Fsp3) is 0.520. The summed E-state index contributed by atoms with van der Waals surface area (Å²) in [5, 5.41) is 9.69. The van der Waals surface area contributed by atoms with Gasteiger partial charge in [0.15, 0.2) is 11.5 Å². The largest absolute Gasteiger partial charge is 0.493 e. The molecule has 0 amide bonds. The van der Waals surface area contributed by atoms with E-state index in [0.29, 0.717) is 30.5 Å². The van der Waals surface area contributed by atoms with Gasteiger partial charge in [-0.1, -0.05) is 13.3 Å². The van der Waals surface area contributed by atoms with E-state index in [0.717, 1.165) is 55.3 Å². The van der Waals surface area contributed by atoms with E-state index in [4.69, 9.17) is 18.9 Å². The fourth-order valence-electron chi connectivity index (χ4n) is 4.32. The molecule has 4 rings (SSSR count). The molecule has 1 fully saturated rings. The summed E-state index contributed by atoms with van der Waals surface area (Å²) >= 11 is 0. The number of unbranched alkanes of at least 4 members (excludes halogenated alkanes) is 1. The number of carbonyl (C=O) groups is 1. The molecule has 2 heterocycles. The van der Waals surface area contributed by atoms with Crippen LogP contribution in [0.5, 0.6) is 17.2 Å². The Kier molecular flexibility index (Phi) is 6.93. The van der Waals surface area contributed by atoms with Crippen molar-refractivity contribution in [1.82, 2.24) is 4.57 Å². The predicted octanol–water partition coefficient (Wildman–Crippen LogP) is 4.60. The Bertz CT molecular complexity index is 1090. The Hall–Kier alpha value is -3.00. The second kappa shape index (κ2) is 9.87. The molecule has 0 unspecified atom stereocenters. The molecule has 1 aliphatic heterocycles. The van der Waals surface area contributed by atoms with Gasteiger partial charge in [0.25, 0.3) is 5.56 Å². The van der Waals surface area contributed by atoms with E-state index in [-0.39, 0.29) is 17.7 Å². The van der Waals surface area contributed by atoms with Crippen molar-refractivity contribution in [2.75, 3.05) is 27.4 Å². The van der Waals surface area contributed by atoms with E-state index in [1.54, 1.807) is 18.8 Å². The van der Waals surface area contributed by atoms with E-state index in [1.807, 2.05) is 12.1 Å². The third kappa shape index (κ3) is 4.57. The van der Waals surface area contributed by atoms with Crippen LogP contribution in [-0.2, 0) is 4.74 Å². The normalized spacial score (nSPS) is 16.5. The van der Waals surface area contributed by atoms with E-state index >= 15 is 0 Å². The standard InChI is InChI=1S/C25H31NO7/c1-4-5-7-19-16-12-18(25(28)29)24(27)26(15-8-9-15)23(16)17-13-21(31-3)22(14-20(17)33-19)32-11-6-10-30-2/h12-15,19H,4-11H2,1-3H3,(H,28,29)/t19-/m1/s1. The maximum absolute atomic E-state index is 13.2. The van der Waals surface area contributed by atoms with Gasteiger partial charge in [0.05, 0.1) is 19.4 Å². The zero-order valence-corrected chi connectivity index (χ0v) is 19.4. The van der Waals surface area contributed by atoms with Gasteiger partial charge in [-0.25, -0.2) is 4.79 Å². The summed E-state index contributed by atoms with van der Waals surface area (Å²) in [6.45, 7) is 3.16. The van der Waals surface area contributed by atoms with Crippen molar-refractivity contribution in [3.05, 3.63) is 39.7 Å². The zero-order chi connectivity index (χ0) is 23.5. The Morgan fingerprint density at radius 2 is 1.94 bits per heavy atom. The number of rotatable bonds is 11. The van der Waals surface area contributed by atoms with Crippen LogP contribution in [0.1, 0.15) is 73.5 Å². The first-order chi connectivity index (χ1) is 16.0. The highest BCUT2D eigenvalue weighted by Gasteiger charge is 2.37. The first kappa shape index (κ1) is 23.2. The number of hydrogen-bond donors (Lipinski definition) is 1. The van der Waals surface area contributed by atoms with Gasteiger partial charge in [-0.15, -0.1) is 0 Å². The van der Waals surface area contributed by atoms with Crippen LogP contribution >= 0.6 is 0 Å². The van der Waals surface area contributed by atoms with Crippen molar-refractivity contribution in [2.24, 2.45) is 0 Å². The summed E-state index contributed by atoms with van der Waals surface area (Å²) in [4.78, 5) is 25.1. The number of methoxy groups -OCH3 is 2. The van der Waals surface area contributed by atoms with Crippen LogP contribution in [0, 0.1) is 0 Å². The number of benzene rings is 1. The van der Waals surface area contributed by atoms with Gasteiger partial charge < -0.3 is 28.6 Å². The molecule has 1 aromatic carbocycles. The third-order valence-electron chi connectivity index (χ3n) is 6.11. The van der Waals surface area contributed by atoms with E-state index < -0.39 is 11.5 Å². The van der Waals surface area contributed by atoms with Crippen LogP contribution in [0.15, 0.2) is 23.0 Å². The number of nitrogens with zero attached hydrogens (tertiary/aromatic N) is 1. The highest BCUT2D eigenvalue weighted by Crippen LogP contribution is 2.50. The minimum atomic E-state index is -1.21. The summed E-state index contributed by atoms with van der Waals surface area (Å²) in [6.07, 6.45) is 4.71. The van der Waals surface area contributed by atoms with Gasteiger partial charge in [0.1, 0.15) is 17.4 Å². The number of aromatic carboxylic acids is 1. The molecular weight excluding hydrogens is 426 g/mol. The highest BCUT2D eigenvalue weighted by atomic mass is 16.5. The third-order valence-corrected chi connectivity index (χ3v) is 6.11. The molecule has 178 valence electrons. The van der Waals surface area contributed by atoms with Gasteiger partial charge in [-0.3, -0.25) is 4.79 Å². The van der Waals surface area contributed by atoms with Crippen molar-refractivity contribution in [1.29, 1.82) is 0 Å². The Morgan fingerprint density at radius 3 is 2.58 bits per heavy atom. The van der Waals surface area contributed by atoms with Gasteiger partial charge in [-0.2, -0.15) is 0 Å². The number of aromatic nitrogens is 1. The van der Waals surface area contributed by atoms with Gasteiger partial charge in [0.2, 0.25) is 0 Å². The molecule has 8 nitrogen and oxygen atoms in total. The molecule has 0 bridgehead atoms. The minimum absolute atomic E-state index is 0.000657. The lowest BCUT2D eigenvalue weighted by Gasteiger charge is -2.32. The molecule has 2 aromatic rings. The molecule has 1 atom stereocenters. The Balaban J connectivity index is 1.87. The second-order valence-corrected chi connectivity index (χ2v) is 8.52. The van der Waals surface area contributed by atoms with Crippen molar-refractivity contribution in [3.8, 4) is 28.5 Å². The number of carboxylic acid groups (broad SMARTS) is 1. The minimum Gasteiger partial charge on any atom is -0.493 e. The second-order valence-electron chi connectivity index (χ2n) is 8.52. The van der Waals surface area contributed by atoms with Gasteiger partial charge in [-0.05, 0) is 37.8 Å². The topological polar surface area (TPSA) is 96.2 Å². The fourth-order valence-corrected chi connectivity index (χ4v) is 4.32. The maximum atomic E-state index is 13.2. The Morgan fingerprint density at radius 1 is 1.15 bits per heavy atom. The number of fused-ring (bicyclic) bond motifs is 3. The molecule has 0 radical (unpaired) electrons. The molecule has 8 heteroatoms. The SMILES string of the molecule is CCCC[C@H]1Oc2cc(OCCCOC)c(OC)cc2-c2c1cc(C(=O)O)c(=O)n2C1CC1. The lowest BCUT2D eigenvalue weighted by atomic mass is 9.92. The summed E-state index contributed by atoms with van der Waals surface area (Å²) in [6, 6.07) is 5.15. The first-order valence-electron chi connectivity index (χ1n) is 11.5. The van der Waals surface area contributed by atoms with Gasteiger partial charge in [0, 0.05) is 43.4 Å². The monoisotopic (exact) mass is 457 g/mol. The first-order valence-corrected chi connectivity index (χ1v) is 11.5. The van der Waals surface area contributed by atoms with E-state index in [9.17, 15) is 14.7 Å². The highest BCUT2D eigenvalue weighted by molar-refractivity contribution is 5.89. The van der Waals surface area contributed by atoms with Gasteiger partial charge >= 0.3 is 5.97 Å². The molecule has 1 aliphatic carbocycles.